The molecule has 3 aromatic rings. The highest BCUT2D eigenvalue weighted by Crippen LogP contribution is 2.39. The van der Waals surface area contributed by atoms with Gasteiger partial charge in [-0.1, -0.05) is 17.8 Å². The standard InChI is InChI=1S/C24H23N3O6S/c28-22(13-34-24-26-25-23(33-24)16-5-7-19-21(12-16)32-14-31-19)27-8-1-3-17(27)15-4-6-18-20(11-15)30-10-2-9-29-18/h4-7,11-12,17H,1-3,8-10,13-14H2/t17-/m0/s1. The summed E-state index contributed by atoms with van der Waals surface area (Å²) >= 11 is 1.25. The number of amides is 1. The lowest BCUT2D eigenvalue weighted by atomic mass is 10.0. The van der Waals surface area contributed by atoms with Gasteiger partial charge in [-0.25, -0.2) is 0 Å². The molecule has 6 rings (SSSR count). The molecule has 1 atom stereocenters. The summed E-state index contributed by atoms with van der Waals surface area (Å²) in [6.07, 6.45) is 2.75. The molecule has 0 N–H and O–H groups in total. The van der Waals surface area contributed by atoms with Crippen molar-refractivity contribution >= 4 is 17.7 Å². The van der Waals surface area contributed by atoms with E-state index < -0.39 is 0 Å². The molecule has 1 saturated heterocycles. The average Bonchev–Trinajstić information content (AvgIpc) is 3.60. The zero-order chi connectivity index (χ0) is 22.9. The van der Waals surface area contributed by atoms with Gasteiger partial charge in [0.15, 0.2) is 23.0 Å². The molecule has 0 spiro atoms. The average molecular weight is 482 g/mol. The normalized spacial score (nSPS) is 18.7. The number of nitrogens with zero attached hydrogens (tertiary/aromatic N) is 3. The van der Waals surface area contributed by atoms with E-state index in [1.807, 2.05) is 35.2 Å². The molecule has 0 aliphatic carbocycles. The Labute approximate surface area is 200 Å². The number of hydrogen-bond donors (Lipinski definition) is 0. The second kappa shape index (κ2) is 9.09. The summed E-state index contributed by atoms with van der Waals surface area (Å²) in [4.78, 5) is 15.0. The van der Waals surface area contributed by atoms with Crippen molar-refractivity contribution in [1.29, 1.82) is 0 Å². The van der Waals surface area contributed by atoms with Crippen LogP contribution in [0.4, 0.5) is 0 Å². The van der Waals surface area contributed by atoms with Crippen LogP contribution in [-0.2, 0) is 4.79 Å². The summed E-state index contributed by atoms with van der Waals surface area (Å²) in [5.41, 5.74) is 1.81. The summed E-state index contributed by atoms with van der Waals surface area (Å²) < 4.78 is 28.1. The summed E-state index contributed by atoms with van der Waals surface area (Å²) in [5, 5.41) is 8.56. The minimum absolute atomic E-state index is 0.0251. The Morgan fingerprint density at radius 3 is 2.68 bits per heavy atom. The lowest BCUT2D eigenvalue weighted by Gasteiger charge is -2.25. The van der Waals surface area contributed by atoms with Gasteiger partial charge < -0.3 is 28.3 Å². The number of carbonyl (C=O) groups is 1. The predicted octanol–water partition coefficient (Wildman–Crippen LogP) is 4.08. The molecular formula is C24H23N3O6S. The third-order valence-electron chi connectivity index (χ3n) is 6.07. The van der Waals surface area contributed by atoms with Gasteiger partial charge in [0.25, 0.3) is 5.22 Å². The summed E-state index contributed by atoms with van der Waals surface area (Å²) in [6.45, 7) is 2.23. The summed E-state index contributed by atoms with van der Waals surface area (Å²) in [5.74, 6) is 3.51. The molecule has 0 bridgehead atoms. The van der Waals surface area contributed by atoms with Crippen LogP contribution >= 0.6 is 11.8 Å². The second-order valence-corrected chi connectivity index (χ2v) is 9.16. The molecule has 3 aliphatic rings. The monoisotopic (exact) mass is 481 g/mol. The van der Waals surface area contributed by atoms with Crippen molar-refractivity contribution < 1.29 is 28.2 Å². The first-order chi connectivity index (χ1) is 16.7. The predicted molar refractivity (Wildman–Crippen MR) is 122 cm³/mol. The number of benzene rings is 2. The van der Waals surface area contributed by atoms with E-state index in [4.69, 9.17) is 23.4 Å². The van der Waals surface area contributed by atoms with E-state index in [0.717, 1.165) is 48.4 Å². The maximum absolute atomic E-state index is 13.1. The zero-order valence-corrected chi connectivity index (χ0v) is 19.2. The third kappa shape index (κ3) is 4.13. The van der Waals surface area contributed by atoms with Crippen LogP contribution in [-0.4, -0.2) is 53.3 Å². The van der Waals surface area contributed by atoms with Gasteiger partial charge in [0.05, 0.1) is 25.0 Å². The number of fused-ring (bicyclic) bond motifs is 2. The van der Waals surface area contributed by atoms with Crippen LogP contribution in [0.5, 0.6) is 23.0 Å². The maximum Gasteiger partial charge on any atom is 0.277 e. The van der Waals surface area contributed by atoms with Crippen LogP contribution in [0, 0.1) is 0 Å². The molecule has 0 radical (unpaired) electrons. The quantitative estimate of drug-likeness (QED) is 0.499. The lowest BCUT2D eigenvalue weighted by molar-refractivity contribution is -0.129. The van der Waals surface area contributed by atoms with Crippen molar-refractivity contribution in [2.45, 2.75) is 30.5 Å². The number of hydrogen-bond acceptors (Lipinski definition) is 9. The Bertz CT molecular complexity index is 1220. The first-order valence-corrected chi connectivity index (χ1v) is 12.3. The van der Waals surface area contributed by atoms with Gasteiger partial charge >= 0.3 is 0 Å². The number of thioether (sulfide) groups is 1. The van der Waals surface area contributed by atoms with E-state index in [2.05, 4.69) is 10.2 Å². The highest BCUT2D eigenvalue weighted by molar-refractivity contribution is 7.99. The summed E-state index contributed by atoms with van der Waals surface area (Å²) in [7, 11) is 0. The number of carbonyl (C=O) groups excluding carboxylic acids is 1. The van der Waals surface area contributed by atoms with Gasteiger partial charge in [0, 0.05) is 18.5 Å². The molecule has 3 aliphatic heterocycles. The molecule has 2 aromatic carbocycles. The SMILES string of the molecule is O=C(CSc1nnc(-c2ccc3c(c2)OCO3)o1)N1CCC[C@H]1c1ccc2c(c1)OCCCO2. The van der Waals surface area contributed by atoms with Gasteiger partial charge in [-0.2, -0.15) is 0 Å². The van der Waals surface area contributed by atoms with Crippen molar-refractivity contribution in [2.75, 3.05) is 32.3 Å². The first kappa shape index (κ1) is 21.2. The molecule has 9 nitrogen and oxygen atoms in total. The molecule has 1 fully saturated rings. The number of aromatic nitrogens is 2. The van der Waals surface area contributed by atoms with Gasteiger partial charge in [0.1, 0.15) is 0 Å². The topological polar surface area (TPSA) is 96.2 Å². The van der Waals surface area contributed by atoms with Crippen molar-refractivity contribution in [2.24, 2.45) is 0 Å². The van der Waals surface area contributed by atoms with E-state index in [1.165, 1.54) is 11.8 Å². The van der Waals surface area contributed by atoms with Crippen LogP contribution in [0.15, 0.2) is 46.0 Å². The number of likely N-dealkylation sites (tertiary alicyclic amines) is 1. The molecule has 0 unspecified atom stereocenters. The van der Waals surface area contributed by atoms with Crippen LogP contribution in [0.3, 0.4) is 0 Å². The van der Waals surface area contributed by atoms with Gasteiger partial charge in [0.2, 0.25) is 18.6 Å². The molecule has 176 valence electrons. The van der Waals surface area contributed by atoms with Crippen LogP contribution in [0.2, 0.25) is 0 Å². The second-order valence-electron chi connectivity index (χ2n) is 8.23. The van der Waals surface area contributed by atoms with E-state index in [-0.39, 0.29) is 24.5 Å². The molecular weight excluding hydrogens is 458 g/mol. The third-order valence-corrected chi connectivity index (χ3v) is 6.88. The molecule has 1 aromatic heterocycles. The van der Waals surface area contributed by atoms with E-state index in [1.54, 1.807) is 6.07 Å². The van der Waals surface area contributed by atoms with Gasteiger partial charge in [-0.3, -0.25) is 4.79 Å². The highest BCUT2D eigenvalue weighted by atomic mass is 32.2. The molecule has 34 heavy (non-hydrogen) atoms. The largest absolute Gasteiger partial charge is 0.490 e. The van der Waals surface area contributed by atoms with E-state index in [9.17, 15) is 4.79 Å². The number of ether oxygens (including phenoxy) is 4. The minimum Gasteiger partial charge on any atom is -0.490 e. The van der Waals surface area contributed by atoms with Crippen molar-refractivity contribution in [3.05, 3.63) is 42.0 Å². The molecule has 4 heterocycles. The van der Waals surface area contributed by atoms with Gasteiger partial charge in [-0.15, -0.1) is 10.2 Å². The van der Waals surface area contributed by atoms with Crippen LogP contribution < -0.4 is 18.9 Å². The Morgan fingerprint density at radius 1 is 0.941 bits per heavy atom. The fourth-order valence-corrected chi connectivity index (χ4v) is 5.07. The highest BCUT2D eigenvalue weighted by Gasteiger charge is 2.31. The lowest BCUT2D eigenvalue weighted by Crippen LogP contribution is -2.32. The van der Waals surface area contributed by atoms with Crippen molar-refractivity contribution in [3.8, 4) is 34.5 Å². The van der Waals surface area contributed by atoms with Crippen molar-refractivity contribution in [1.82, 2.24) is 15.1 Å². The van der Waals surface area contributed by atoms with Crippen molar-refractivity contribution in [3.63, 3.8) is 0 Å². The van der Waals surface area contributed by atoms with E-state index in [0.29, 0.717) is 35.8 Å². The Hall–Kier alpha value is -3.40. The van der Waals surface area contributed by atoms with E-state index >= 15 is 0 Å². The first-order valence-electron chi connectivity index (χ1n) is 11.3. The van der Waals surface area contributed by atoms with Gasteiger partial charge in [-0.05, 0) is 48.7 Å². The Balaban J connectivity index is 1.11. The fourth-order valence-electron chi connectivity index (χ4n) is 4.42. The molecule has 10 heteroatoms. The maximum atomic E-state index is 13.1. The van der Waals surface area contributed by atoms with Crippen LogP contribution in [0.25, 0.3) is 11.5 Å². The van der Waals surface area contributed by atoms with Crippen LogP contribution in [0.1, 0.15) is 30.9 Å². The fraction of sp³-hybridized carbons (Fsp3) is 0.375. The molecule has 1 amide bonds. The number of rotatable bonds is 5. The summed E-state index contributed by atoms with van der Waals surface area (Å²) in [6, 6.07) is 11.5. The zero-order valence-electron chi connectivity index (χ0n) is 18.4. The Kier molecular flexibility index (Phi) is 5.66. The Morgan fingerprint density at radius 2 is 1.74 bits per heavy atom. The minimum atomic E-state index is 0.0251. The molecule has 0 saturated carbocycles. The smallest absolute Gasteiger partial charge is 0.277 e.